The fraction of sp³-hybridized carbons (Fsp3) is 0.120. The number of hydrogen-bond acceptors (Lipinski definition) is 4. The normalized spacial score (nSPS) is 14.3. The number of carbonyl (C=O) groups excluding carboxylic acids is 1. The van der Waals surface area contributed by atoms with Gasteiger partial charge in [-0.25, -0.2) is 0 Å². The molecule has 0 saturated heterocycles. The van der Waals surface area contributed by atoms with E-state index in [4.69, 9.17) is 32.7 Å². The molecule has 4 aromatic rings. The topological polar surface area (TPSA) is 51.7 Å². The fourth-order valence-corrected chi connectivity index (χ4v) is 4.74. The first-order valence-electron chi connectivity index (χ1n) is 10.1. The summed E-state index contributed by atoms with van der Waals surface area (Å²) in [5.74, 6) is 1.37. The molecule has 0 atom stereocenters. The van der Waals surface area contributed by atoms with Crippen LogP contribution in [-0.4, -0.2) is 22.6 Å². The second kappa shape index (κ2) is 7.40. The number of pyridine rings is 1. The third kappa shape index (κ3) is 3.08. The lowest BCUT2D eigenvalue weighted by molar-refractivity contribution is 0.0767. The number of rotatable bonds is 3. The van der Waals surface area contributed by atoms with E-state index in [9.17, 15) is 4.79 Å². The summed E-state index contributed by atoms with van der Waals surface area (Å²) >= 11 is 12.5. The SMILES string of the molecule is O=C1c2cc3cc4c(cc3c(-c3ccc(Cl)c(Cl)c3)c2CN1Cc1ccncc1)OCO4. The maximum Gasteiger partial charge on any atom is 0.254 e. The minimum Gasteiger partial charge on any atom is -0.454 e. The van der Waals surface area contributed by atoms with Crippen LogP contribution in [0.1, 0.15) is 21.5 Å². The molecule has 3 aromatic carbocycles. The molecule has 0 fully saturated rings. The van der Waals surface area contributed by atoms with Crippen molar-refractivity contribution in [2.24, 2.45) is 0 Å². The van der Waals surface area contributed by atoms with Crippen molar-refractivity contribution in [2.75, 3.05) is 6.79 Å². The van der Waals surface area contributed by atoms with E-state index in [0.717, 1.165) is 33.0 Å². The molecule has 1 amide bonds. The van der Waals surface area contributed by atoms with Crippen molar-refractivity contribution >= 4 is 39.9 Å². The van der Waals surface area contributed by atoms with Gasteiger partial charge in [-0.15, -0.1) is 0 Å². The Hall–Kier alpha value is -3.28. The standard InChI is InChI=1S/C25H16Cl2N2O3/c26-20-2-1-15(8-21(20)27)24-17-10-23-22(31-13-32-23)9-16(17)7-18-19(24)12-29(25(18)30)11-14-3-5-28-6-4-14/h1-10H,11-13H2. The van der Waals surface area contributed by atoms with Gasteiger partial charge >= 0.3 is 0 Å². The van der Waals surface area contributed by atoms with E-state index in [-0.39, 0.29) is 12.7 Å². The van der Waals surface area contributed by atoms with Crippen molar-refractivity contribution in [1.29, 1.82) is 0 Å². The molecule has 0 unspecified atom stereocenters. The van der Waals surface area contributed by atoms with Crippen molar-refractivity contribution < 1.29 is 14.3 Å². The lowest BCUT2D eigenvalue weighted by Crippen LogP contribution is -2.23. The zero-order valence-electron chi connectivity index (χ0n) is 16.8. The third-order valence-corrected chi connectivity index (χ3v) is 6.68. The maximum absolute atomic E-state index is 13.4. The van der Waals surface area contributed by atoms with Crippen LogP contribution in [0.4, 0.5) is 0 Å². The Morgan fingerprint density at radius 3 is 2.50 bits per heavy atom. The van der Waals surface area contributed by atoms with Crippen LogP contribution in [0.15, 0.2) is 60.9 Å². The molecule has 0 bridgehead atoms. The zero-order chi connectivity index (χ0) is 21.8. The summed E-state index contributed by atoms with van der Waals surface area (Å²) in [6.45, 7) is 1.19. The quantitative estimate of drug-likeness (QED) is 0.369. The minimum absolute atomic E-state index is 0.00214. The van der Waals surface area contributed by atoms with Gasteiger partial charge < -0.3 is 14.4 Å². The second-order valence-electron chi connectivity index (χ2n) is 7.85. The van der Waals surface area contributed by atoms with Crippen LogP contribution in [0.2, 0.25) is 10.0 Å². The largest absolute Gasteiger partial charge is 0.454 e. The molecule has 2 aliphatic rings. The molecular formula is C25H16Cl2N2O3. The maximum atomic E-state index is 13.4. The summed E-state index contributed by atoms with van der Waals surface area (Å²) in [7, 11) is 0. The van der Waals surface area contributed by atoms with Gasteiger partial charge in [-0.3, -0.25) is 9.78 Å². The number of benzene rings is 3. The first-order chi connectivity index (χ1) is 15.6. The Morgan fingerprint density at radius 2 is 1.72 bits per heavy atom. The van der Waals surface area contributed by atoms with Crippen LogP contribution >= 0.6 is 23.2 Å². The molecule has 3 heterocycles. The van der Waals surface area contributed by atoms with Gasteiger partial charge in [0.15, 0.2) is 11.5 Å². The molecule has 0 saturated carbocycles. The molecule has 7 heteroatoms. The first-order valence-corrected chi connectivity index (χ1v) is 10.9. The van der Waals surface area contributed by atoms with E-state index in [1.165, 1.54) is 0 Å². The van der Waals surface area contributed by atoms with Crippen LogP contribution in [0.5, 0.6) is 11.5 Å². The number of hydrogen-bond donors (Lipinski definition) is 0. The van der Waals surface area contributed by atoms with Crippen LogP contribution in [0.25, 0.3) is 21.9 Å². The van der Waals surface area contributed by atoms with Crippen molar-refractivity contribution in [3.05, 3.63) is 87.7 Å². The summed E-state index contributed by atoms with van der Waals surface area (Å²) < 4.78 is 11.2. The Labute approximate surface area is 194 Å². The predicted octanol–water partition coefficient (Wildman–Crippen LogP) is 6.09. The van der Waals surface area contributed by atoms with Crippen molar-refractivity contribution in [2.45, 2.75) is 13.1 Å². The summed E-state index contributed by atoms with van der Waals surface area (Å²) in [6.07, 6.45) is 3.47. The number of aromatic nitrogens is 1. The Balaban J connectivity index is 1.56. The first kappa shape index (κ1) is 19.4. The van der Waals surface area contributed by atoms with Crippen molar-refractivity contribution in [3.63, 3.8) is 0 Å². The number of ether oxygens (including phenoxy) is 2. The molecule has 0 aliphatic carbocycles. The number of carbonyl (C=O) groups is 1. The van der Waals surface area contributed by atoms with Gasteiger partial charge in [0, 0.05) is 31.0 Å². The number of halogens is 2. The van der Waals surface area contributed by atoms with Gasteiger partial charge in [-0.2, -0.15) is 0 Å². The monoisotopic (exact) mass is 462 g/mol. The van der Waals surface area contributed by atoms with Gasteiger partial charge in [0.05, 0.1) is 10.0 Å². The second-order valence-corrected chi connectivity index (χ2v) is 8.66. The van der Waals surface area contributed by atoms with Crippen molar-refractivity contribution in [1.82, 2.24) is 9.88 Å². The van der Waals surface area contributed by atoms with Crippen LogP contribution < -0.4 is 9.47 Å². The molecular weight excluding hydrogens is 447 g/mol. The highest BCUT2D eigenvalue weighted by Crippen LogP contribution is 2.45. The van der Waals surface area contributed by atoms with E-state index >= 15 is 0 Å². The average Bonchev–Trinajstić information content (AvgIpc) is 3.37. The molecule has 2 aliphatic heterocycles. The van der Waals surface area contributed by atoms with Gasteiger partial charge in [0.25, 0.3) is 5.91 Å². The minimum atomic E-state index is -0.00214. The van der Waals surface area contributed by atoms with E-state index < -0.39 is 0 Å². The average molecular weight is 463 g/mol. The summed E-state index contributed by atoms with van der Waals surface area (Å²) in [4.78, 5) is 19.3. The molecule has 32 heavy (non-hydrogen) atoms. The van der Waals surface area contributed by atoms with E-state index in [1.807, 2.05) is 47.4 Å². The van der Waals surface area contributed by atoms with Crippen LogP contribution in [0.3, 0.4) is 0 Å². The lowest BCUT2D eigenvalue weighted by atomic mass is 9.90. The highest BCUT2D eigenvalue weighted by molar-refractivity contribution is 6.42. The van der Waals surface area contributed by atoms with Gasteiger partial charge in [0.2, 0.25) is 6.79 Å². The predicted molar refractivity (Wildman–Crippen MR) is 123 cm³/mol. The van der Waals surface area contributed by atoms with E-state index in [2.05, 4.69) is 4.98 Å². The number of nitrogens with zero attached hydrogens (tertiary/aromatic N) is 2. The molecule has 6 rings (SSSR count). The Kier molecular flexibility index (Phi) is 4.49. The highest BCUT2D eigenvalue weighted by Gasteiger charge is 2.32. The molecule has 0 spiro atoms. The summed E-state index contributed by atoms with van der Waals surface area (Å²) in [5, 5.41) is 2.84. The van der Waals surface area contributed by atoms with Crippen molar-refractivity contribution in [3.8, 4) is 22.6 Å². The Bertz CT molecular complexity index is 1410. The number of amides is 1. The van der Waals surface area contributed by atoms with Crippen LogP contribution in [-0.2, 0) is 13.1 Å². The van der Waals surface area contributed by atoms with Gasteiger partial charge in [-0.1, -0.05) is 29.3 Å². The van der Waals surface area contributed by atoms with Crippen LogP contribution in [0, 0.1) is 0 Å². The molecule has 5 nitrogen and oxygen atoms in total. The lowest BCUT2D eigenvalue weighted by Gasteiger charge is -2.16. The van der Waals surface area contributed by atoms with Gasteiger partial charge in [-0.05, 0) is 75.5 Å². The third-order valence-electron chi connectivity index (χ3n) is 5.94. The smallest absolute Gasteiger partial charge is 0.254 e. The van der Waals surface area contributed by atoms with E-state index in [1.54, 1.807) is 18.5 Å². The molecule has 0 N–H and O–H groups in total. The number of fused-ring (bicyclic) bond motifs is 3. The molecule has 0 radical (unpaired) electrons. The summed E-state index contributed by atoms with van der Waals surface area (Å²) in [5.41, 5.74) is 4.54. The molecule has 1 aromatic heterocycles. The highest BCUT2D eigenvalue weighted by atomic mass is 35.5. The zero-order valence-corrected chi connectivity index (χ0v) is 18.3. The Morgan fingerprint density at radius 1 is 0.938 bits per heavy atom. The fourth-order valence-electron chi connectivity index (χ4n) is 4.44. The molecule has 158 valence electrons. The summed E-state index contributed by atoms with van der Waals surface area (Å²) in [6, 6.07) is 15.3. The van der Waals surface area contributed by atoms with E-state index in [0.29, 0.717) is 40.2 Å². The van der Waals surface area contributed by atoms with Gasteiger partial charge in [0.1, 0.15) is 0 Å².